The van der Waals surface area contributed by atoms with Crippen LogP contribution in [0, 0.1) is 0 Å². The molecule has 1 aliphatic carbocycles. The first-order chi connectivity index (χ1) is 12.3. The Morgan fingerprint density at radius 1 is 1.24 bits per heavy atom. The lowest BCUT2D eigenvalue weighted by Gasteiger charge is -2.13. The van der Waals surface area contributed by atoms with Crippen molar-refractivity contribution >= 4 is 22.9 Å². The highest BCUT2D eigenvalue weighted by Crippen LogP contribution is 2.23. The highest BCUT2D eigenvalue weighted by atomic mass is 16.5. The summed E-state index contributed by atoms with van der Waals surface area (Å²) in [7, 11) is 0. The normalized spacial score (nSPS) is 13.0. The van der Waals surface area contributed by atoms with Crippen LogP contribution < -0.4 is 0 Å². The van der Waals surface area contributed by atoms with Crippen molar-refractivity contribution in [2.45, 2.75) is 26.3 Å². The van der Waals surface area contributed by atoms with Crippen LogP contribution in [-0.2, 0) is 17.7 Å². The number of allylic oxidation sites excluding steroid dienone is 1. The van der Waals surface area contributed by atoms with Crippen molar-refractivity contribution in [1.82, 2.24) is 9.55 Å². The molecule has 0 fully saturated rings. The van der Waals surface area contributed by atoms with E-state index in [9.17, 15) is 4.79 Å². The first kappa shape index (κ1) is 15.6. The fourth-order valence-corrected chi connectivity index (χ4v) is 3.34. The molecule has 0 aliphatic heterocycles. The molecule has 1 aliphatic rings. The van der Waals surface area contributed by atoms with Crippen molar-refractivity contribution in [2.24, 2.45) is 0 Å². The van der Waals surface area contributed by atoms with Crippen LogP contribution in [0.15, 0.2) is 48.5 Å². The molecule has 0 saturated carbocycles. The van der Waals surface area contributed by atoms with Gasteiger partial charge in [-0.05, 0) is 49.6 Å². The van der Waals surface area contributed by atoms with Gasteiger partial charge in [-0.15, -0.1) is 0 Å². The van der Waals surface area contributed by atoms with Gasteiger partial charge in [0.2, 0.25) is 0 Å². The predicted octanol–water partition coefficient (Wildman–Crippen LogP) is 4.22. The van der Waals surface area contributed by atoms with E-state index >= 15 is 0 Å². The lowest BCUT2D eigenvalue weighted by atomic mass is 10.0. The second-order valence-corrected chi connectivity index (χ2v) is 6.18. The van der Waals surface area contributed by atoms with Crippen LogP contribution in [0.4, 0.5) is 0 Å². The molecule has 126 valence electrons. The molecule has 25 heavy (non-hydrogen) atoms. The van der Waals surface area contributed by atoms with Crippen LogP contribution in [0.25, 0.3) is 17.0 Å². The number of aromatic nitrogens is 2. The van der Waals surface area contributed by atoms with Crippen molar-refractivity contribution in [2.75, 3.05) is 6.61 Å². The van der Waals surface area contributed by atoms with E-state index in [1.807, 2.05) is 41.8 Å². The van der Waals surface area contributed by atoms with Crippen molar-refractivity contribution in [3.63, 3.8) is 0 Å². The molecule has 0 spiro atoms. The highest BCUT2D eigenvalue weighted by Gasteiger charge is 2.17. The summed E-state index contributed by atoms with van der Waals surface area (Å²) in [6, 6.07) is 14.1. The van der Waals surface area contributed by atoms with E-state index in [0.717, 1.165) is 35.1 Å². The molecule has 2 heterocycles. The molecule has 0 unspecified atom stereocenters. The summed E-state index contributed by atoms with van der Waals surface area (Å²) >= 11 is 0. The van der Waals surface area contributed by atoms with Gasteiger partial charge in [0.05, 0.1) is 24.5 Å². The maximum Gasteiger partial charge on any atom is 0.354 e. The largest absolute Gasteiger partial charge is 0.461 e. The molecule has 2 aromatic heterocycles. The van der Waals surface area contributed by atoms with Crippen molar-refractivity contribution in [1.29, 1.82) is 0 Å². The highest BCUT2D eigenvalue weighted by molar-refractivity contribution is 5.95. The van der Waals surface area contributed by atoms with Crippen LogP contribution in [0.1, 0.15) is 40.8 Å². The maximum atomic E-state index is 12.4. The summed E-state index contributed by atoms with van der Waals surface area (Å²) in [5, 5.41) is 1.03. The third-order valence-corrected chi connectivity index (χ3v) is 4.54. The first-order valence-electron chi connectivity index (χ1n) is 8.67. The number of para-hydroxylation sites is 1. The van der Waals surface area contributed by atoms with Crippen LogP contribution in [-0.4, -0.2) is 22.1 Å². The lowest BCUT2D eigenvalue weighted by Crippen LogP contribution is -2.14. The average Bonchev–Trinajstić information content (AvgIpc) is 3.01. The molecule has 1 aromatic carbocycles. The fraction of sp³-hybridized carbons (Fsp3) is 0.238. The Kier molecular flexibility index (Phi) is 4.10. The van der Waals surface area contributed by atoms with Crippen LogP contribution in [0.3, 0.4) is 0 Å². The molecule has 4 rings (SSSR count). The number of rotatable bonds is 4. The van der Waals surface area contributed by atoms with Crippen LogP contribution in [0.5, 0.6) is 0 Å². The molecule has 4 nitrogen and oxygen atoms in total. The number of pyridine rings is 1. The number of hydrogen-bond acceptors (Lipinski definition) is 3. The van der Waals surface area contributed by atoms with Crippen molar-refractivity contribution in [3.8, 4) is 0 Å². The minimum atomic E-state index is -0.295. The van der Waals surface area contributed by atoms with Crippen molar-refractivity contribution in [3.05, 3.63) is 71.2 Å². The number of esters is 1. The zero-order valence-corrected chi connectivity index (χ0v) is 14.2. The van der Waals surface area contributed by atoms with Gasteiger partial charge in [-0.2, -0.15) is 0 Å². The standard InChI is InChI=1S/C21H20N2O2/c1-2-25-21(24)20-13-16-8-4-6-10-19(16)23(20)14-17-12-11-15-7-3-5-9-18(15)22-17/h4-6,8-13H,2-3,7,14H2,1H3. The lowest BCUT2D eigenvalue weighted by molar-refractivity contribution is 0.0515. The minimum absolute atomic E-state index is 0.295. The summed E-state index contributed by atoms with van der Waals surface area (Å²) in [6.45, 7) is 2.73. The number of aryl methyl sites for hydroxylation is 1. The first-order valence-corrected chi connectivity index (χ1v) is 8.67. The SMILES string of the molecule is CCOC(=O)c1cc2ccccc2n1Cc1ccc2c(n1)C=CCC2. The molecule has 0 amide bonds. The number of ether oxygens (including phenoxy) is 1. The Balaban J connectivity index is 1.77. The van der Waals surface area contributed by atoms with Gasteiger partial charge in [0, 0.05) is 10.9 Å². The van der Waals surface area contributed by atoms with Crippen LogP contribution in [0.2, 0.25) is 0 Å². The topological polar surface area (TPSA) is 44.1 Å². The molecular formula is C21H20N2O2. The van der Waals surface area contributed by atoms with E-state index in [2.05, 4.69) is 24.3 Å². The van der Waals surface area contributed by atoms with E-state index in [0.29, 0.717) is 18.8 Å². The smallest absolute Gasteiger partial charge is 0.354 e. The van der Waals surface area contributed by atoms with Crippen LogP contribution >= 0.6 is 0 Å². The molecule has 0 N–H and O–H groups in total. The van der Waals surface area contributed by atoms with Gasteiger partial charge in [0.1, 0.15) is 5.69 Å². The zero-order valence-electron chi connectivity index (χ0n) is 14.2. The summed E-state index contributed by atoms with van der Waals surface area (Å²) in [6.07, 6.45) is 6.36. The third kappa shape index (κ3) is 2.95. The molecule has 0 bridgehead atoms. The maximum absolute atomic E-state index is 12.4. The van der Waals surface area contributed by atoms with Gasteiger partial charge in [-0.25, -0.2) is 4.79 Å². The molecular weight excluding hydrogens is 312 g/mol. The number of carbonyl (C=O) groups is 1. The fourth-order valence-electron chi connectivity index (χ4n) is 3.34. The number of nitrogens with zero attached hydrogens (tertiary/aromatic N) is 2. The summed E-state index contributed by atoms with van der Waals surface area (Å²) in [4.78, 5) is 17.2. The molecule has 0 saturated heterocycles. The Morgan fingerprint density at radius 2 is 2.12 bits per heavy atom. The Labute approximate surface area is 146 Å². The summed E-state index contributed by atoms with van der Waals surface area (Å²) in [5.41, 5.74) is 4.85. The Morgan fingerprint density at radius 3 is 3.00 bits per heavy atom. The Bertz CT molecular complexity index is 969. The van der Waals surface area contributed by atoms with Gasteiger partial charge in [-0.1, -0.05) is 30.3 Å². The van der Waals surface area contributed by atoms with E-state index in [-0.39, 0.29) is 5.97 Å². The molecule has 4 heteroatoms. The van der Waals surface area contributed by atoms with Crippen molar-refractivity contribution < 1.29 is 9.53 Å². The molecule has 3 aromatic rings. The summed E-state index contributed by atoms with van der Waals surface area (Å²) < 4.78 is 7.23. The monoisotopic (exact) mass is 332 g/mol. The second-order valence-electron chi connectivity index (χ2n) is 6.18. The van der Waals surface area contributed by atoms with E-state index in [1.54, 1.807) is 0 Å². The predicted molar refractivity (Wildman–Crippen MR) is 98.6 cm³/mol. The minimum Gasteiger partial charge on any atom is -0.461 e. The third-order valence-electron chi connectivity index (χ3n) is 4.54. The Hall–Kier alpha value is -2.88. The molecule has 0 radical (unpaired) electrons. The number of hydrogen-bond donors (Lipinski definition) is 0. The van der Waals surface area contributed by atoms with Gasteiger partial charge in [0.15, 0.2) is 0 Å². The van der Waals surface area contributed by atoms with E-state index in [1.165, 1.54) is 5.56 Å². The second kappa shape index (κ2) is 6.55. The number of fused-ring (bicyclic) bond motifs is 2. The zero-order chi connectivity index (χ0) is 17.2. The number of benzene rings is 1. The summed E-state index contributed by atoms with van der Waals surface area (Å²) in [5.74, 6) is -0.295. The number of carbonyl (C=O) groups excluding carboxylic acids is 1. The van der Waals surface area contributed by atoms with Gasteiger partial charge in [-0.3, -0.25) is 4.98 Å². The van der Waals surface area contributed by atoms with Gasteiger partial charge >= 0.3 is 5.97 Å². The van der Waals surface area contributed by atoms with Gasteiger partial charge < -0.3 is 9.30 Å². The molecule has 0 atom stereocenters. The quantitative estimate of drug-likeness (QED) is 0.672. The van der Waals surface area contributed by atoms with E-state index < -0.39 is 0 Å². The van der Waals surface area contributed by atoms with Gasteiger partial charge in [0.25, 0.3) is 0 Å². The van der Waals surface area contributed by atoms with E-state index in [4.69, 9.17) is 9.72 Å². The average molecular weight is 332 g/mol.